The van der Waals surface area contributed by atoms with E-state index < -0.39 is 11.7 Å². The molecule has 0 aliphatic heterocycles. The number of hydrogen-bond donors (Lipinski definition) is 1. The van der Waals surface area contributed by atoms with Gasteiger partial charge in [0.05, 0.1) is 5.56 Å². The number of benzene rings is 1. The molecule has 4 heteroatoms. The van der Waals surface area contributed by atoms with E-state index in [1.54, 1.807) is 6.07 Å². The molecular weight excluding hydrogens is 275 g/mol. The average molecular weight is 299 g/mol. The topological polar surface area (TPSA) is 12.0 Å². The molecule has 1 aliphatic carbocycles. The molecular formula is C17H24F3N. The number of hydrogen-bond acceptors (Lipinski definition) is 1. The maximum absolute atomic E-state index is 12.7. The Bertz CT molecular complexity index is 434. The Labute approximate surface area is 124 Å². The highest BCUT2D eigenvalue weighted by atomic mass is 19.4. The summed E-state index contributed by atoms with van der Waals surface area (Å²) >= 11 is 0. The van der Waals surface area contributed by atoms with Gasteiger partial charge in [0.2, 0.25) is 0 Å². The van der Waals surface area contributed by atoms with Gasteiger partial charge in [0.1, 0.15) is 0 Å². The summed E-state index contributed by atoms with van der Waals surface area (Å²) in [7, 11) is 0. The molecule has 0 bridgehead atoms. The van der Waals surface area contributed by atoms with Crippen LogP contribution in [-0.2, 0) is 12.7 Å². The molecule has 1 N–H and O–H groups in total. The van der Waals surface area contributed by atoms with Crippen molar-refractivity contribution in [1.29, 1.82) is 0 Å². The van der Waals surface area contributed by atoms with Crippen LogP contribution >= 0.6 is 0 Å². The molecule has 0 radical (unpaired) electrons. The molecule has 0 spiro atoms. The number of alkyl halides is 3. The molecule has 0 unspecified atom stereocenters. The van der Waals surface area contributed by atoms with Gasteiger partial charge in [0, 0.05) is 12.6 Å². The fourth-order valence-corrected chi connectivity index (χ4v) is 3.11. The summed E-state index contributed by atoms with van der Waals surface area (Å²) in [5.74, 6) is 0.651. The summed E-state index contributed by atoms with van der Waals surface area (Å²) in [4.78, 5) is 0. The Balaban J connectivity index is 1.90. The van der Waals surface area contributed by atoms with Gasteiger partial charge in [0.25, 0.3) is 0 Å². The monoisotopic (exact) mass is 299 g/mol. The first kappa shape index (κ1) is 16.3. The van der Waals surface area contributed by atoms with Crippen LogP contribution in [0.5, 0.6) is 0 Å². The van der Waals surface area contributed by atoms with E-state index in [4.69, 9.17) is 0 Å². The molecule has 1 aliphatic rings. The van der Waals surface area contributed by atoms with Gasteiger partial charge in [-0.25, -0.2) is 0 Å². The third-order valence-corrected chi connectivity index (χ3v) is 4.49. The van der Waals surface area contributed by atoms with E-state index >= 15 is 0 Å². The second-order valence-corrected chi connectivity index (χ2v) is 6.12. The van der Waals surface area contributed by atoms with Crippen LogP contribution in [0.25, 0.3) is 0 Å². The lowest BCUT2D eigenvalue weighted by Crippen LogP contribution is -2.33. The van der Waals surface area contributed by atoms with Gasteiger partial charge < -0.3 is 5.32 Å². The third-order valence-electron chi connectivity index (χ3n) is 4.49. The zero-order chi connectivity index (χ0) is 15.3. The predicted octanol–water partition coefficient (Wildman–Crippen LogP) is 5.15. The van der Waals surface area contributed by atoms with Crippen LogP contribution in [0.15, 0.2) is 24.3 Å². The fraction of sp³-hybridized carbons (Fsp3) is 0.647. The minimum atomic E-state index is -4.26. The molecule has 0 saturated heterocycles. The van der Waals surface area contributed by atoms with Crippen LogP contribution in [0.1, 0.15) is 56.6 Å². The lowest BCUT2D eigenvalue weighted by atomic mass is 9.93. The first-order valence-corrected chi connectivity index (χ1v) is 7.86. The van der Waals surface area contributed by atoms with Gasteiger partial charge in [-0.2, -0.15) is 13.2 Å². The molecule has 0 heterocycles. The van der Waals surface area contributed by atoms with E-state index in [0.717, 1.165) is 6.07 Å². The molecule has 1 fully saturated rings. The summed E-state index contributed by atoms with van der Waals surface area (Å²) in [6, 6.07) is 5.96. The standard InChI is InChI=1S/C17H24F3N/c1-13(15-8-4-2-3-5-9-15)21-12-14-7-6-10-16(11-14)17(18,19)20/h6-7,10-11,13,15,21H,2-5,8-9,12H2,1H3/t13-/m1/s1. The summed E-state index contributed by atoms with van der Waals surface area (Å²) < 4.78 is 38.0. The van der Waals surface area contributed by atoms with Crippen LogP contribution < -0.4 is 5.32 Å². The molecule has 1 atom stereocenters. The van der Waals surface area contributed by atoms with E-state index in [-0.39, 0.29) is 0 Å². The van der Waals surface area contributed by atoms with Crippen molar-refractivity contribution in [2.75, 3.05) is 0 Å². The van der Waals surface area contributed by atoms with Gasteiger partial charge in [0.15, 0.2) is 0 Å². The first-order chi connectivity index (χ1) is 9.97. The molecule has 1 aromatic carbocycles. The normalized spacial score (nSPS) is 19.2. The van der Waals surface area contributed by atoms with Crippen molar-refractivity contribution in [1.82, 2.24) is 5.32 Å². The van der Waals surface area contributed by atoms with Gasteiger partial charge in [-0.05, 0) is 37.3 Å². The molecule has 0 amide bonds. The van der Waals surface area contributed by atoms with Crippen LogP contribution in [0.3, 0.4) is 0 Å². The Morgan fingerprint density at radius 2 is 1.81 bits per heavy atom. The Morgan fingerprint density at radius 1 is 1.14 bits per heavy atom. The number of nitrogens with one attached hydrogen (secondary N) is 1. The van der Waals surface area contributed by atoms with Crippen molar-refractivity contribution in [3.05, 3.63) is 35.4 Å². The largest absolute Gasteiger partial charge is 0.416 e. The zero-order valence-corrected chi connectivity index (χ0v) is 12.5. The van der Waals surface area contributed by atoms with Crippen LogP contribution in [0.4, 0.5) is 13.2 Å². The van der Waals surface area contributed by atoms with E-state index in [2.05, 4.69) is 12.2 Å². The van der Waals surface area contributed by atoms with Gasteiger partial charge in [-0.15, -0.1) is 0 Å². The van der Waals surface area contributed by atoms with Crippen molar-refractivity contribution in [2.45, 2.75) is 64.2 Å². The summed E-state index contributed by atoms with van der Waals surface area (Å²) in [5.41, 5.74) is 0.134. The fourth-order valence-electron chi connectivity index (χ4n) is 3.11. The highest BCUT2D eigenvalue weighted by Gasteiger charge is 2.30. The average Bonchev–Trinajstić information content (AvgIpc) is 2.73. The second kappa shape index (κ2) is 7.30. The van der Waals surface area contributed by atoms with E-state index in [9.17, 15) is 13.2 Å². The molecule has 1 aromatic rings. The lowest BCUT2D eigenvalue weighted by Gasteiger charge is -2.24. The molecule has 21 heavy (non-hydrogen) atoms. The molecule has 2 rings (SSSR count). The molecule has 118 valence electrons. The minimum absolute atomic E-state index is 0.359. The molecule has 1 saturated carbocycles. The van der Waals surface area contributed by atoms with Crippen molar-refractivity contribution in [3.8, 4) is 0 Å². The van der Waals surface area contributed by atoms with Crippen molar-refractivity contribution < 1.29 is 13.2 Å². The number of halogens is 3. The van der Waals surface area contributed by atoms with Crippen molar-refractivity contribution in [2.24, 2.45) is 5.92 Å². The summed E-state index contributed by atoms with van der Waals surface area (Å²) in [6.45, 7) is 2.66. The maximum Gasteiger partial charge on any atom is 0.416 e. The summed E-state index contributed by atoms with van der Waals surface area (Å²) in [5, 5.41) is 3.41. The van der Waals surface area contributed by atoms with Gasteiger partial charge in [-0.1, -0.05) is 43.9 Å². The van der Waals surface area contributed by atoms with Crippen molar-refractivity contribution >= 4 is 0 Å². The predicted molar refractivity (Wildman–Crippen MR) is 78.9 cm³/mol. The van der Waals surface area contributed by atoms with Crippen LogP contribution in [0, 0.1) is 5.92 Å². The molecule has 0 aromatic heterocycles. The Kier molecular flexibility index (Phi) is 5.68. The maximum atomic E-state index is 12.7. The second-order valence-electron chi connectivity index (χ2n) is 6.12. The minimum Gasteiger partial charge on any atom is -0.310 e. The zero-order valence-electron chi connectivity index (χ0n) is 12.5. The first-order valence-electron chi connectivity index (χ1n) is 7.86. The van der Waals surface area contributed by atoms with Crippen molar-refractivity contribution in [3.63, 3.8) is 0 Å². The lowest BCUT2D eigenvalue weighted by molar-refractivity contribution is -0.137. The Hall–Kier alpha value is -1.03. The van der Waals surface area contributed by atoms with E-state index in [1.165, 1.54) is 50.7 Å². The van der Waals surface area contributed by atoms with Crippen LogP contribution in [0.2, 0.25) is 0 Å². The highest BCUT2D eigenvalue weighted by molar-refractivity contribution is 5.25. The van der Waals surface area contributed by atoms with Crippen LogP contribution in [-0.4, -0.2) is 6.04 Å². The molecule has 1 nitrogen and oxygen atoms in total. The van der Waals surface area contributed by atoms with E-state index in [1.807, 2.05) is 0 Å². The SMILES string of the molecule is C[C@@H](NCc1cccc(C(F)(F)F)c1)C1CCCCCC1. The van der Waals surface area contributed by atoms with E-state index in [0.29, 0.717) is 24.1 Å². The summed E-state index contributed by atoms with van der Waals surface area (Å²) in [6.07, 6.45) is 3.39. The van der Waals surface area contributed by atoms with Gasteiger partial charge >= 0.3 is 6.18 Å². The quantitative estimate of drug-likeness (QED) is 0.758. The Morgan fingerprint density at radius 3 is 2.43 bits per heavy atom. The third kappa shape index (κ3) is 5.03. The van der Waals surface area contributed by atoms with Gasteiger partial charge in [-0.3, -0.25) is 0 Å². The number of rotatable bonds is 4. The highest BCUT2D eigenvalue weighted by Crippen LogP contribution is 2.30. The smallest absolute Gasteiger partial charge is 0.310 e.